The molecule has 0 radical (unpaired) electrons. The van der Waals surface area contributed by atoms with Gasteiger partial charge >= 0.3 is 7.12 Å². The Labute approximate surface area is 147 Å². The minimum absolute atomic E-state index is 0.107. The first-order valence-corrected chi connectivity index (χ1v) is 8.28. The summed E-state index contributed by atoms with van der Waals surface area (Å²) in [4.78, 5) is 15.7. The summed E-state index contributed by atoms with van der Waals surface area (Å²) in [7, 11) is -0.533. The number of pyridine rings is 1. The molecular weight excluding hydrogens is 319 g/mol. The minimum Gasteiger partial charge on any atom is -0.400 e. The molecule has 25 heavy (non-hydrogen) atoms. The highest BCUT2D eigenvalue weighted by Crippen LogP contribution is 2.38. The second-order valence-corrected chi connectivity index (χ2v) is 7.29. The molecular formula is C17H23BN4O3. The van der Waals surface area contributed by atoms with Crippen LogP contribution in [0.2, 0.25) is 0 Å². The molecule has 1 aliphatic rings. The Hall–Kier alpha value is -2.19. The molecule has 0 aliphatic carbocycles. The molecule has 1 amide bonds. The van der Waals surface area contributed by atoms with Gasteiger partial charge in [0.15, 0.2) is 0 Å². The summed E-state index contributed by atoms with van der Waals surface area (Å²) in [5, 5.41) is 9.71. The molecule has 8 heteroatoms. The maximum Gasteiger partial charge on any atom is 0.492 e. The van der Waals surface area contributed by atoms with Crippen molar-refractivity contribution in [3.8, 4) is 0 Å². The van der Waals surface area contributed by atoms with Crippen LogP contribution in [0.3, 0.4) is 0 Å². The fraction of sp³-hybridized carbons (Fsp3) is 0.471. The number of hydrogen-bond acceptors (Lipinski definition) is 5. The van der Waals surface area contributed by atoms with Gasteiger partial charge in [-0.25, -0.2) is 0 Å². The average Bonchev–Trinajstić information content (AvgIpc) is 3.05. The molecule has 1 aliphatic heterocycles. The first kappa shape index (κ1) is 17.6. The molecule has 3 rings (SSSR count). The highest BCUT2D eigenvalue weighted by molar-refractivity contribution is 6.56. The third-order valence-electron chi connectivity index (χ3n) is 4.76. The summed E-state index contributed by atoms with van der Waals surface area (Å²) in [6, 6.07) is 1.95. The monoisotopic (exact) mass is 342 g/mol. The lowest BCUT2D eigenvalue weighted by Gasteiger charge is -2.32. The zero-order valence-corrected chi connectivity index (χ0v) is 15.2. The molecule has 0 aromatic carbocycles. The molecule has 0 bridgehead atoms. The number of nitrogens with zero attached hydrogens (tertiary/aromatic N) is 2. The quantitative estimate of drug-likeness (QED) is 0.831. The van der Waals surface area contributed by atoms with Crippen molar-refractivity contribution in [2.45, 2.75) is 45.8 Å². The summed E-state index contributed by atoms with van der Waals surface area (Å²) in [5.41, 5.74) is 2.47. The van der Waals surface area contributed by atoms with E-state index in [0.29, 0.717) is 6.54 Å². The molecule has 7 nitrogen and oxygen atoms in total. The van der Waals surface area contributed by atoms with Crippen LogP contribution >= 0.6 is 0 Å². The number of aromatic amines is 1. The van der Waals surface area contributed by atoms with Gasteiger partial charge in [0.25, 0.3) is 0 Å². The van der Waals surface area contributed by atoms with Gasteiger partial charge in [0, 0.05) is 19.7 Å². The molecule has 0 spiro atoms. The van der Waals surface area contributed by atoms with Crippen molar-refractivity contribution < 1.29 is 14.1 Å². The lowest BCUT2D eigenvalue weighted by molar-refractivity contribution is -0.118. The highest BCUT2D eigenvalue weighted by atomic mass is 16.7. The normalized spacial score (nSPS) is 19.4. The highest BCUT2D eigenvalue weighted by Gasteiger charge is 2.52. The van der Waals surface area contributed by atoms with E-state index >= 15 is 0 Å². The van der Waals surface area contributed by atoms with Crippen LogP contribution in [0.15, 0.2) is 23.9 Å². The van der Waals surface area contributed by atoms with Crippen LogP contribution in [-0.4, -0.2) is 46.0 Å². The Morgan fingerprint density at radius 2 is 1.96 bits per heavy atom. The molecule has 0 atom stereocenters. The number of nitrogens with one attached hydrogen (secondary N) is 2. The number of carbonyl (C=O) groups is 1. The number of hydrogen-bond donors (Lipinski definition) is 2. The third kappa shape index (κ3) is 3.59. The fourth-order valence-electron chi connectivity index (χ4n) is 2.56. The van der Waals surface area contributed by atoms with Crippen molar-refractivity contribution >= 4 is 30.1 Å². The van der Waals surface area contributed by atoms with Crippen molar-refractivity contribution in [3.05, 3.63) is 29.5 Å². The van der Waals surface area contributed by atoms with Crippen molar-refractivity contribution in [2.24, 2.45) is 0 Å². The van der Waals surface area contributed by atoms with Crippen LogP contribution in [0.1, 0.15) is 40.2 Å². The maximum absolute atomic E-state index is 11.4. The summed E-state index contributed by atoms with van der Waals surface area (Å²) in [6.07, 6.45) is 5.37. The Kier molecular flexibility index (Phi) is 4.42. The third-order valence-corrected chi connectivity index (χ3v) is 4.76. The van der Waals surface area contributed by atoms with E-state index in [1.54, 1.807) is 12.4 Å². The van der Waals surface area contributed by atoms with Crippen LogP contribution < -0.4 is 5.32 Å². The first-order chi connectivity index (χ1) is 11.7. The molecule has 2 N–H and O–H groups in total. The number of H-pyrrole nitrogens is 1. The first-order valence-electron chi connectivity index (χ1n) is 8.28. The second-order valence-electron chi connectivity index (χ2n) is 7.29. The van der Waals surface area contributed by atoms with E-state index in [0.717, 1.165) is 22.1 Å². The Bertz CT molecular complexity index is 812. The Balaban J connectivity index is 1.92. The predicted molar refractivity (Wildman–Crippen MR) is 96.6 cm³/mol. The molecule has 0 unspecified atom stereocenters. The van der Waals surface area contributed by atoms with Crippen LogP contribution in [0, 0.1) is 0 Å². The lowest BCUT2D eigenvalue weighted by Crippen LogP contribution is -2.41. The van der Waals surface area contributed by atoms with Gasteiger partial charge in [-0.05, 0) is 44.8 Å². The summed E-state index contributed by atoms with van der Waals surface area (Å²) in [5.74, 6) is -0.107. The molecule has 132 valence electrons. The largest absolute Gasteiger partial charge is 0.492 e. The summed E-state index contributed by atoms with van der Waals surface area (Å²) >= 11 is 0. The Morgan fingerprint density at radius 1 is 1.28 bits per heavy atom. The van der Waals surface area contributed by atoms with Gasteiger partial charge in [0.1, 0.15) is 5.52 Å². The zero-order valence-electron chi connectivity index (χ0n) is 15.2. The maximum atomic E-state index is 11.4. The summed E-state index contributed by atoms with van der Waals surface area (Å²) < 4.78 is 12.2. The van der Waals surface area contributed by atoms with Crippen LogP contribution in [-0.2, 0) is 14.1 Å². The van der Waals surface area contributed by atoms with Crippen LogP contribution in [0.4, 0.5) is 0 Å². The minimum atomic E-state index is -0.533. The molecule has 2 aromatic heterocycles. The molecule has 2 aromatic rings. The van der Waals surface area contributed by atoms with E-state index in [4.69, 9.17) is 9.31 Å². The number of carbonyl (C=O) groups excluding carboxylic acids is 1. The molecule has 0 saturated carbocycles. The molecule has 1 fully saturated rings. The van der Waals surface area contributed by atoms with Crippen molar-refractivity contribution in [1.29, 1.82) is 0 Å². The fourth-order valence-corrected chi connectivity index (χ4v) is 2.56. The standard InChI is InChI=1S/C17H23BN4O3/c1-11(23)19-9-13(18-24-16(2,3)17(4,5)25-18)6-12-7-14-15(20-8-12)10-21-22-14/h6-8,10H,9H2,1-5H3,(H,19,23)(H,21,22). The number of amides is 1. The van der Waals surface area contributed by atoms with Gasteiger partial charge in [0.2, 0.25) is 5.91 Å². The van der Waals surface area contributed by atoms with Gasteiger partial charge in [0.05, 0.1) is 22.9 Å². The van der Waals surface area contributed by atoms with E-state index < -0.39 is 18.3 Å². The molecule has 3 heterocycles. The average molecular weight is 342 g/mol. The topological polar surface area (TPSA) is 89.1 Å². The van der Waals surface area contributed by atoms with E-state index in [1.807, 2.05) is 39.8 Å². The van der Waals surface area contributed by atoms with Gasteiger partial charge in [-0.15, -0.1) is 0 Å². The van der Waals surface area contributed by atoms with Gasteiger partial charge in [-0.2, -0.15) is 5.10 Å². The smallest absolute Gasteiger partial charge is 0.400 e. The summed E-state index contributed by atoms with van der Waals surface area (Å²) in [6.45, 7) is 9.83. The van der Waals surface area contributed by atoms with Gasteiger partial charge in [-0.1, -0.05) is 6.08 Å². The lowest BCUT2D eigenvalue weighted by atomic mass is 9.77. The Morgan fingerprint density at radius 3 is 2.60 bits per heavy atom. The van der Waals surface area contributed by atoms with E-state index in [2.05, 4.69) is 20.5 Å². The SMILES string of the molecule is CC(=O)NCC(=Cc1cnc2cn[nH]c2c1)B1OC(C)(C)C(C)(C)O1. The van der Waals surface area contributed by atoms with Crippen LogP contribution in [0.5, 0.6) is 0 Å². The zero-order chi connectivity index (χ0) is 18.2. The molecule has 1 saturated heterocycles. The van der Waals surface area contributed by atoms with E-state index in [-0.39, 0.29) is 5.91 Å². The second kappa shape index (κ2) is 6.27. The number of fused-ring (bicyclic) bond motifs is 1. The number of rotatable bonds is 4. The van der Waals surface area contributed by atoms with E-state index in [9.17, 15) is 4.79 Å². The van der Waals surface area contributed by atoms with Gasteiger partial charge < -0.3 is 14.6 Å². The van der Waals surface area contributed by atoms with E-state index in [1.165, 1.54) is 6.92 Å². The van der Waals surface area contributed by atoms with Crippen molar-refractivity contribution in [2.75, 3.05) is 6.54 Å². The van der Waals surface area contributed by atoms with Crippen molar-refractivity contribution in [3.63, 3.8) is 0 Å². The predicted octanol–water partition coefficient (Wildman–Crippen LogP) is 2.11. The van der Waals surface area contributed by atoms with Crippen molar-refractivity contribution in [1.82, 2.24) is 20.5 Å². The number of aromatic nitrogens is 3. The van der Waals surface area contributed by atoms with Crippen LogP contribution in [0.25, 0.3) is 17.1 Å². The van der Waals surface area contributed by atoms with Gasteiger partial charge in [-0.3, -0.25) is 14.9 Å².